The van der Waals surface area contributed by atoms with Crippen LogP contribution in [0.3, 0.4) is 0 Å². The fraction of sp³-hybridized carbons (Fsp3) is 0.583. The molecule has 1 aromatic rings. The summed E-state index contributed by atoms with van der Waals surface area (Å²) < 4.78 is 1.91. The number of carbonyl (C=O) groups is 1. The molecule has 6 heteroatoms. The molecule has 98 valence electrons. The molecule has 0 aromatic carbocycles. The van der Waals surface area contributed by atoms with Gasteiger partial charge in [-0.3, -0.25) is 9.59 Å². The summed E-state index contributed by atoms with van der Waals surface area (Å²) in [6.07, 6.45) is 6.65. The van der Waals surface area contributed by atoms with Crippen LogP contribution < -0.4 is 5.56 Å². The Labute approximate surface area is 109 Å². The minimum Gasteiger partial charge on any atom is -0.481 e. The van der Waals surface area contributed by atoms with Gasteiger partial charge >= 0.3 is 5.97 Å². The Morgan fingerprint density at radius 1 is 1.50 bits per heavy atom. The van der Waals surface area contributed by atoms with Gasteiger partial charge in [-0.05, 0) is 18.8 Å². The van der Waals surface area contributed by atoms with E-state index in [1.807, 2.05) is 4.57 Å². The van der Waals surface area contributed by atoms with Gasteiger partial charge in [0.1, 0.15) is 0 Å². The highest BCUT2D eigenvalue weighted by Crippen LogP contribution is 2.27. The van der Waals surface area contributed by atoms with Crippen molar-refractivity contribution in [3.63, 3.8) is 0 Å². The van der Waals surface area contributed by atoms with Crippen LogP contribution in [0.5, 0.6) is 0 Å². The number of thioether (sulfide) groups is 1. The molecular weight excluding hydrogens is 252 g/mol. The summed E-state index contributed by atoms with van der Waals surface area (Å²) in [6.45, 7) is 0.829. The van der Waals surface area contributed by atoms with Gasteiger partial charge in [-0.15, -0.1) is 0 Å². The summed E-state index contributed by atoms with van der Waals surface area (Å²) in [5.74, 6) is -0.342. The maximum atomic E-state index is 11.2. The molecule has 5 nitrogen and oxygen atoms in total. The Balaban J connectivity index is 2.11. The molecular formula is C12H16N2O3S. The molecule has 0 amide bonds. The zero-order valence-electron chi connectivity index (χ0n) is 10.0. The van der Waals surface area contributed by atoms with Crippen molar-refractivity contribution < 1.29 is 9.90 Å². The van der Waals surface area contributed by atoms with Gasteiger partial charge in [0.2, 0.25) is 0 Å². The number of carboxylic acids is 1. The first kappa shape index (κ1) is 13.1. The third kappa shape index (κ3) is 3.60. The summed E-state index contributed by atoms with van der Waals surface area (Å²) in [7, 11) is 0. The van der Waals surface area contributed by atoms with E-state index in [1.54, 1.807) is 6.20 Å². The van der Waals surface area contributed by atoms with Crippen LogP contribution in [0.25, 0.3) is 0 Å². The standard InChI is InChI=1S/C12H16N2O3S/c15-10-5-6-14(7-9-3-1-2-4-9)12(13-10)18-8-11(16)17/h5-6,9H,1-4,7-8H2,(H,16,17). The third-order valence-electron chi connectivity index (χ3n) is 3.10. The van der Waals surface area contributed by atoms with Crippen LogP contribution in [-0.4, -0.2) is 26.4 Å². The van der Waals surface area contributed by atoms with Crippen molar-refractivity contribution in [2.75, 3.05) is 5.75 Å². The summed E-state index contributed by atoms with van der Waals surface area (Å²) in [6, 6.07) is 1.43. The highest BCUT2D eigenvalue weighted by Gasteiger charge is 2.17. The van der Waals surface area contributed by atoms with Crippen molar-refractivity contribution >= 4 is 17.7 Å². The largest absolute Gasteiger partial charge is 0.481 e. The van der Waals surface area contributed by atoms with Crippen LogP contribution in [0.15, 0.2) is 22.2 Å². The van der Waals surface area contributed by atoms with Crippen molar-refractivity contribution in [1.29, 1.82) is 0 Å². The molecule has 1 N–H and O–H groups in total. The molecule has 0 aliphatic heterocycles. The van der Waals surface area contributed by atoms with Gasteiger partial charge < -0.3 is 9.67 Å². The first-order valence-corrected chi connectivity index (χ1v) is 7.06. The normalized spacial score (nSPS) is 16.0. The van der Waals surface area contributed by atoms with Crippen LogP contribution in [0.2, 0.25) is 0 Å². The number of hydrogen-bond acceptors (Lipinski definition) is 4. The Kier molecular flexibility index (Phi) is 4.41. The van der Waals surface area contributed by atoms with E-state index in [9.17, 15) is 9.59 Å². The molecule has 1 heterocycles. The Morgan fingerprint density at radius 3 is 2.89 bits per heavy atom. The molecule has 0 radical (unpaired) electrons. The third-order valence-corrected chi connectivity index (χ3v) is 4.08. The van der Waals surface area contributed by atoms with E-state index in [0.717, 1.165) is 18.3 Å². The molecule has 1 aliphatic rings. The second kappa shape index (κ2) is 6.04. The Hall–Kier alpha value is -1.30. The SMILES string of the molecule is O=C(O)CSc1nc(=O)ccn1CC1CCCC1. The first-order chi connectivity index (χ1) is 8.65. The molecule has 0 saturated heterocycles. The molecule has 0 unspecified atom stereocenters. The van der Waals surface area contributed by atoms with Crippen LogP contribution in [0.1, 0.15) is 25.7 Å². The Bertz CT molecular complexity index is 480. The summed E-state index contributed by atoms with van der Waals surface area (Å²) >= 11 is 1.10. The lowest BCUT2D eigenvalue weighted by Gasteiger charge is -2.15. The summed E-state index contributed by atoms with van der Waals surface area (Å²) in [5, 5.41) is 9.19. The molecule has 0 bridgehead atoms. The zero-order valence-corrected chi connectivity index (χ0v) is 10.9. The highest BCUT2D eigenvalue weighted by atomic mass is 32.2. The van der Waals surface area contributed by atoms with E-state index in [-0.39, 0.29) is 11.3 Å². The number of hydrogen-bond donors (Lipinski definition) is 1. The smallest absolute Gasteiger partial charge is 0.313 e. The van der Waals surface area contributed by atoms with Gasteiger partial charge in [0.25, 0.3) is 5.56 Å². The van der Waals surface area contributed by atoms with Crippen molar-refractivity contribution in [2.45, 2.75) is 37.4 Å². The minimum absolute atomic E-state index is 0.0683. The average Bonchev–Trinajstić information content (AvgIpc) is 2.82. The van der Waals surface area contributed by atoms with Gasteiger partial charge in [-0.2, -0.15) is 4.98 Å². The van der Waals surface area contributed by atoms with Gasteiger partial charge in [0.05, 0.1) is 5.75 Å². The second-order valence-electron chi connectivity index (χ2n) is 4.53. The maximum absolute atomic E-state index is 11.2. The quantitative estimate of drug-likeness (QED) is 0.649. The van der Waals surface area contributed by atoms with E-state index in [1.165, 1.54) is 31.7 Å². The molecule has 0 atom stereocenters. The lowest BCUT2D eigenvalue weighted by Crippen LogP contribution is -2.17. The fourth-order valence-electron chi connectivity index (χ4n) is 2.26. The Morgan fingerprint density at radius 2 is 2.22 bits per heavy atom. The molecule has 1 aromatic heterocycles. The van der Waals surface area contributed by atoms with E-state index in [2.05, 4.69) is 4.98 Å². The van der Waals surface area contributed by atoms with Gasteiger partial charge in [-0.1, -0.05) is 24.6 Å². The van der Waals surface area contributed by atoms with Gasteiger partial charge in [0.15, 0.2) is 5.16 Å². The molecule has 2 rings (SSSR count). The minimum atomic E-state index is -0.898. The van der Waals surface area contributed by atoms with Crippen LogP contribution in [-0.2, 0) is 11.3 Å². The van der Waals surface area contributed by atoms with Crippen molar-refractivity contribution in [2.24, 2.45) is 5.92 Å². The van der Waals surface area contributed by atoms with Crippen molar-refractivity contribution in [3.8, 4) is 0 Å². The first-order valence-electron chi connectivity index (χ1n) is 6.07. The van der Waals surface area contributed by atoms with E-state index in [0.29, 0.717) is 11.1 Å². The summed E-state index contributed by atoms with van der Waals surface area (Å²) in [4.78, 5) is 25.7. The van der Waals surface area contributed by atoms with Crippen LogP contribution in [0, 0.1) is 5.92 Å². The van der Waals surface area contributed by atoms with Gasteiger partial charge in [-0.25, -0.2) is 0 Å². The van der Waals surface area contributed by atoms with Crippen LogP contribution in [0.4, 0.5) is 0 Å². The zero-order chi connectivity index (χ0) is 13.0. The van der Waals surface area contributed by atoms with E-state index >= 15 is 0 Å². The number of aliphatic carboxylic acids is 1. The molecule has 0 spiro atoms. The second-order valence-corrected chi connectivity index (χ2v) is 5.48. The number of aromatic nitrogens is 2. The van der Waals surface area contributed by atoms with E-state index < -0.39 is 5.97 Å². The highest BCUT2D eigenvalue weighted by molar-refractivity contribution is 7.99. The van der Waals surface area contributed by atoms with Crippen LogP contribution >= 0.6 is 11.8 Å². The predicted molar refractivity (Wildman–Crippen MR) is 68.8 cm³/mol. The molecule has 1 fully saturated rings. The van der Waals surface area contributed by atoms with Crippen molar-refractivity contribution in [1.82, 2.24) is 9.55 Å². The lowest BCUT2D eigenvalue weighted by molar-refractivity contribution is -0.133. The summed E-state index contributed by atoms with van der Waals surface area (Å²) in [5.41, 5.74) is -0.314. The maximum Gasteiger partial charge on any atom is 0.313 e. The topological polar surface area (TPSA) is 72.2 Å². The van der Waals surface area contributed by atoms with E-state index in [4.69, 9.17) is 5.11 Å². The van der Waals surface area contributed by atoms with Gasteiger partial charge in [0, 0.05) is 18.8 Å². The molecule has 1 aliphatic carbocycles. The fourth-order valence-corrected chi connectivity index (χ4v) is 2.97. The number of carboxylic acid groups (broad SMARTS) is 1. The monoisotopic (exact) mass is 268 g/mol. The number of rotatable bonds is 5. The average molecular weight is 268 g/mol. The predicted octanol–water partition coefficient (Wildman–Crippen LogP) is 1.61. The number of nitrogens with zero attached hydrogens (tertiary/aromatic N) is 2. The van der Waals surface area contributed by atoms with Crippen molar-refractivity contribution in [3.05, 3.63) is 22.6 Å². The molecule has 1 saturated carbocycles. The molecule has 18 heavy (non-hydrogen) atoms. The lowest BCUT2D eigenvalue weighted by atomic mass is 10.1.